The van der Waals surface area contributed by atoms with Crippen LogP contribution in [0.2, 0.25) is 5.35 Å². The third-order valence-corrected chi connectivity index (χ3v) is 2.93. The first-order valence-corrected chi connectivity index (χ1v) is 5.83. The molecule has 0 aliphatic carbocycles. The maximum absolute atomic E-state index is 12.3. The zero-order chi connectivity index (χ0) is 12.6. The Morgan fingerprint density at radius 3 is 2.18 bits per heavy atom. The number of rotatable bonds is 1. The third kappa shape index (κ3) is 2.74. The molecule has 2 aromatic rings. The van der Waals surface area contributed by atoms with Gasteiger partial charge in [-0.2, -0.15) is 18.2 Å². The number of benzene rings is 1. The highest BCUT2D eigenvalue weighted by Gasteiger charge is 2.30. The summed E-state index contributed by atoms with van der Waals surface area (Å²) < 4.78 is 42.6. The van der Waals surface area contributed by atoms with Crippen molar-refractivity contribution >= 4 is 34.2 Å². The molecule has 0 amide bonds. The SMILES string of the molecule is FC(F)(F)c1ccc(-c2oc(Cl)nc2I)cc1. The molecule has 0 bridgehead atoms. The molecule has 0 saturated heterocycles. The molecule has 7 heteroatoms. The summed E-state index contributed by atoms with van der Waals surface area (Å²) in [5, 5.41) is -0.0377. The minimum absolute atomic E-state index is 0.0377. The Morgan fingerprint density at radius 1 is 1.18 bits per heavy atom. The Kier molecular flexibility index (Phi) is 3.35. The van der Waals surface area contributed by atoms with Crippen LogP contribution in [0.25, 0.3) is 11.3 Å². The number of aromatic nitrogens is 1. The molecule has 0 unspecified atom stereocenters. The molecule has 0 saturated carbocycles. The molecule has 0 aliphatic rings. The summed E-state index contributed by atoms with van der Waals surface area (Å²) >= 11 is 7.45. The maximum atomic E-state index is 12.3. The molecule has 1 aromatic heterocycles. The zero-order valence-corrected chi connectivity index (χ0v) is 11.0. The molecule has 0 atom stereocenters. The lowest BCUT2D eigenvalue weighted by Gasteiger charge is -2.06. The van der Waals surface area contributed by atoms with Crippen LogP contribution >= 0.6 is 34.2 Å². The van der Waals surface area contributed by atoms with Crippen LogP contribution in [0.15, 0.2) is 28.7 Å². The molecule has 0 fully saturated rings. The number of hydrogen-bond donors (Lipinski definition) is 0. The summed E-state index contributed by atoms with van der Waals surface area (Å²) in [7, 11) is 0. The number of hydrogen-bond acceptors (Lipinski definition) is 2. The average Bonchev–Trinajstić information content (AvgIpc) is 2.57. The fourth-order valence-electron chi connectivity index (χ4n) is 1.27. The fraction of sp³-hybridized carbons (Fsp3) is 0.100. The van der Waals surface area contributed by atoms with Gasteiger partial charge in [0.25, 0.3) is 5.35 Å². The van der Waals surface area contributed by atoms with Gasteiger partial charge in [0.15, 0.2) is 5.76 Å². The Bertz CT molecular complexity index is 535. The van der Waals surface area contributed by atoms with Gasteiger partial charge in [0.2, 0.25) is 0 Å². The minimum atomic E-state index is -4.34. The molecular formula is C10H4ClF3INO. The maximum Gasteiger partial charge on any atom is 0.416 e. The summed E-state index contributed by atoms with van der Waals surface area (Å²) in [6.45, 7) is 0. The topological polar surface area (TPSA) is 26.0 Å². The number of halogens is 5. The summed E-state index contributed by atoms with van der Waals surface area (Å²) in [6.07, 6.45) is -4.34. The van der Waals surface area contributed by atoms with Gasteiger partial charge < -0.3 is 4.42 Å². The van der Waals surface area contributed by atoms with E-state index in [0.29, 0.717) is 15.0 Å². The van der Waals surface area contributed by atoms with Gasteiger partial charge in [-0.3, -0.25) is 0 Å². The Balaban J connectivity index is 2.39. The number of oxazole rings is 1. The van der Waals surface area contributed by atoms with E-state index in [9.17, 15) is 13.2 Å². The van der Waals surface area contributed by atoms with Crippen LogP contribution < -0.4 is 0 Å². The van der Waals surface area contributed by atoms with Crippen LogP contribution in [0.3, 0.4) is 0 Å². The van der Waals surface area contributed by atoms with Crippen LogP contribution in [0, 0.1) is 3.70 Å². The second-order valence-electron chi connectivity index (χ2n) is 3.16. The Labute approximate surface area is 113 Å². The van der Waals surface area contributed by atoms with Crippen molar-refractivity contribution in [3.8, 4) is 11.3 Å². The highest BCUT2D eigenvalue weighted by molar-refractivity contribution is 14.1. The van der Waals surface area contributed by atoms with Gasteiger partial charge in [0.05, 0.1) is 5.56 Å². The molecule has 0 radical (unpaired) electrons. The van der Waals surface area contributed by atoms with Crippen molar-refractivity contribution in [2.24, 2.45) is 0 Å². The highest BCUT2D eigenvalue weighted by Crippen LogP contribution is 2.32. The normalized spacial score (nSPS) is 11.8. The summed E-state index contributed by atoms with van der Waals surface area (Å²) in [5.41, 5.74) is -0.205. The fourth-order valence-corrected chi connectivity index (χ4v) is 2.21. The monoisotopic (exact) mass is 373 g/mol. The highest BCUT2D eigenvalue weighted by atomic mass is 127. The molecule has 2 nitrogen and oxygen atoms in total. The van der Waals surface area contributed by atoms with Crippen molar-refractivity contribution in [3.63, 3.8) is 0 Å². The average molecular weight is 373 g/mol. The molecule has 0 aliphatic heterocycles. The molecule has 90 valence electrons. The van der Waals surface area contributed by atoms with Gasteiger partial charge in [-0.1, -0.05) is 12.1 Å². The second kappa shape index (κ2) is 4.49. The van der Waals surface area contributed by atoms with E-state index in [1.54, 1.807) is 0 Å². The van der Waals surface area contributed by atoms with Crippen molar-refractivity contribution in [2.75, 3.05) is 0 Å². The lowest BCUT2D eigenvalue weighted by molar-refractivity contribution is -0.137. The minimum Gasteiger partial charge on any atom is -0.426 e. The van der Waals surface area contributed by atoms with Gasteiger partial charge >= 0.3 is 6.18 Å². The van der Waals surface area contributed by atoms with E-state index in [-0.39, 0.29) is 5.35 Å². The number of nitrogens with zero attached hydrogens (tertiary/aromatic N) is 1. The van der Waals surface area contributed by atoms with Gasteiger partial charge in [-0.15, -0.1) is 0 Å². The van der Waals surface area contributed by atoms with Crippen molar-refractivity contribution < 1.29 is 17.6 Å². The smallest absolute Gasteiger partial charge is 0.416 e. The molecule has 1 heterocycles. The molecule has 0 spiro atoms. The van der Waals surface area contributed by atoms with Gasteiger partial charge in [0.1, 0.15) is 3.70 Å². The first kappa shape index (κ1) is 12.7. The molecule has 2 rings (SSSR count). The van der Waals surface area contributed by atoms with Crippen molar-refractivity contribution in [3.05, 3.63) is 38.9 Å². The quantitative estimate of drug-likeness (QED) is 0.682. The molecule has 0 N–H and O–H groups in total. The van der Waals surface area contributed by atoms with Crippen LogP contribution in [0.1, 0.15) is 5.56 Å². The lowest BCUT2D eigenvalue weighted by Crippen LogP contribution is -2.03. The van der Waals surface area contributed by atoms with Gasteiger partial charge in [-0.25, -0.2) is 0 Å². The molecular weight excluding hydrogens is 369 g/mol. The van der Waals surface area contributed by atoms with E-state index in [0.717, 1.165) is 12.1 Å². The van der Waals surface area contributed by atoms with Crippen LogP contribution in [0.4, 0.5) is 13.2 Å². The first-order valence-electron chi connectivity index (χ1n) is 4.37. The standard InChI is InChI=1S/C10H4ClF3INO/c11-9-16-8(15)7(17-9)5-1-3-6(4-2-5)10(12,13)14/h1-4H. The second-order valence-corrected chi connectivity index (χ2v) is 4.51. The van der Waals surface area contributed by atoms with Crippen LogP contribution in [-0.4, -0.2) is 4.98 Å². The van der Waals surface area contributed by atoms with Crippen molar-refractivity contribution in [1.82, 2.24) is 4.98 Å². The predicted octanol–water partition coefficient (Wildman–Crippen LogP) is 4.62. The van der Waals surface area contributed by atoms with Crippen LogP contribution in [-0.2, 0) is 6.18 Å². The zero-order valence-electron chi connectivity index (χ0n) is 8.05. The van der Waals surface area contributed by atoms with E-state index in [1.807, 2.05) is 22.6 Å². The van der Waals surface area contributed by atoms with Crippen molar-refractivity contribution in [2.45, 2.75) is 6.18 Å². The van der Waals surface area contributed by atoms with E-state index >= 15 is 0 Å². The number of alkyl halides is 3. The molecule has 17 heavy (non-hydrogen) atoms. The van der Waals surface area contributed by atoms with Crippen molar-refractivity contribution in [1.29, 1.82) is 0 Å². The Hall–Kier alpha value is -0.760. The van der Waals surface area contributed by atoms with E-state index in [1.165, 1.54) is 12.1 Å². The largest absolute Gasteiger partial charge is 0.426 e. The molecule has 1 aromatic carbocycles. The predicted molar refractivity (Wildman–Crippen MR) is 64.7 cm³/mol. The van der Waals surface area contributed by atoms with E-state index in [4.69, 9.17) is 16.0 Å². The van der Waals surface area contributed by atoms with E-state index < -0.39 is 11.7 Å². The van der Waals surface area contributed by atoms with E-state index in [2.05, 4.69) is 4.98 Å². The first-order chi connectivity index (χ1) is 7.88. The lowest BCUT2D eigenvalue weighted by atomic mass is 10.1. The third-order valence-electron chi connectivity index (χ3n) is 2.03. The Morgan fingerprint density at radius 2 is 1.76 bits per heavy atom. The van der Waals surface area contributed by atoms with Crippen LogP contribution in [0.5, 0.6) is 0 Å². The summed E-state index contributed by atoms with van der Waals surface area (Å²) in [4.78, 5) is 3.82. The van der Waals surface area contributed by atoms with Gasteiger partial charge in [-0.05, 0) is 46.3 Å². The summed E-state index contributed by atoms with van der Waals surface area (Å²) in [6, 6.07) is 4.62. The summed E-state index contributed by atoms with van der Waals surface area (Å²) in [5.74, 6) is 0.365. The van der Waals surface area contributed by atoms with Gasteiger partial charge in [0, 0.05) is 5.56 Å².